The largest absolute Gasteiger partial charge is 0.474 e. The molecule has 7 heteroatoms. The lowest BCUT2D eigenvalue weighted by molar-refractivity contribution is -0.120. The van der Waals surface area contributed by atoms with Crippen molar-refractivity contribution >= 4 is 22.6 Å². The number of aromatic nitrogens is 3. The van der Waals surface area contributed by atoms with Crippen LogP contribution in [-0.2, 0) is 9.53 Å². The van der Waals surface area contributed by atoms with E-state index >= 15 is 0 Å². The lowest BCUT2D eigenvalue weighted by Crippen LogP contribution is -2.26. The molecule has 1 saturated heterocycles. The number of Topliss-reactive ketones (excluding diaryl/α,β-unsaturated/α-hetero) is 1. The van der Waals surface area contributed by atoms with Gasteiger partial charge in [0.05, 0.1) is 24.1 Å². The van der Waals surface area contributed by atoms with E-state index in [1.54, 1.807) is 0 Å². The predicted molar refractivity (Wildman–Crippen MR) is 111 cm³/mol. The number of ketones is 1. The number of rotatable bonds is 7. The van der Waals surface area contributed by atoms with Crippen molar-refractivity contribution in [3.63, 3.8) is 0 Å². The Morgan fingerprint density at radius 1 is 1.14 bits per heavy atom. The Balaban J connectivity index is 1.66. The molecule has 2 aromatic rings. The van der Waals surface area contributed by atoms with Crippen molar-refractivity contribution in [3.05, 3.63) is 18.0 Å². The van der Waals surface area contributed by atoms with Crippen LogP contribution in [0.15, 0.2) is 12.4 Å². The molecule has 0 spiro atoms. The molecule has 2 aliphatic rings. The van der Waals surface area contributed by atoms with Gasteiger partial charge in [-0.2, -0.15) is 0 Å². The zero-order valence-electron chi connectivity index (χ0n) is 17.2. The highest BCUT2D eigenvalue weighted by Gasteiger charge is 2.25. The summed E-state index contributed by atoms with van der Waals surface area (Å²) in [4.78, 5) is 25.7. The fraction of sp³-hybridized carbons (Fsp3) is 0.636. The average molecular weight is 399 g/mol. The second kappa shape index (κ2) is 9.48. The van der Waals surface area contributed by atoms with E-state index in [1.807, 2.05) is 12.4 Å². The van der Waals surface area contributed by atoms with Crippen LogP contribution >= 0.6 is 0 Å². The molecule has 1 aliphatic heterocycles. The smallest absolute Gasteiger partial charge is 0.224 e. The highest BCUT2D eigenvalue weighted by Crippen LogP contribution is 2.37. The molecule has 0 amide bonds. The normalized spacial score (nSPS) is 18.9. The summed E-state index contributed by atoms with van der Waals surface area (Å²) in [6, 6.07) is 0. The first kappa shape index (κ1) is 20.0. The van der Waals surface area contributed by atoms with Crippen LogP contribution in [0.3, 0.4) is 0 Å². The number of anilines is 1. The number of carbonyl (C=O) groups is 1. The Bertz CT molecular complexity index is 841. The summed E-state index contributed by atoms with van der Waals surface area (Å²) in [5.41, 5.74) is 2.00. The fourth-order valence-corrected chi connectivity index (χ4v) is 4.07. The van der Waals surface area contributed by atoms with Crippen molar-refractivity contribution in [2.75, 3.05) is 25.1 Å². The number of ether oxygens (including phenoxy) is 2. The summed E-state index contributed by atoms with van der Waals surface area (Å²) in [6.45, 7) is 4.46. The maximum absolute atomic E-state index is 11.7. The van der Waals surface area contributed by atoms with E-state index in [2.05, 4.69) is 22.2 Å². The molecule has 7 nitrogen and oxygen atoms in total. The van der Waals surface area contributed by atoms with Crippen LogP contribution in [0.5, 0.6) is 5.88 Å². The third-order valence-electron chi connectivity index (χ3n) is 5.86. The second-order valence-electron chi connectivity index (χ2n) is 8.00. The van der Waals surface area contributed by atoms with Gasteiger partial charge in [-0.25, -0.2) is 15.0 Å². The van der Waals surface area contributed by atoms with Gasteiger partial charge in [0.2, 0.25) is 11.8 Å². The van der Waals surface area contributed by atoms with Crippen molar-refractivity contribution in [2.45, 2.75) is 70.3 Å². The van der Waals surface area contributed by atoms with E-state index in [4.69, 9.17) is 14.5 Å². The molecular formula is C22H30N4O3. The molecule has 3 heterocycles. The van der Waals surface area contributed by atoms with Crippen molar-refractivity contribution in [3.8, 4) is 5.88 Å². The molecule has 0 atom stereocenters. The van der Waals surface area contributed by atoms with Gasteiger partial charge in [0.1, 0.15) is 11.9 Å². The number of fused-ring (bicyclic) bond motifs is 1. The molecule has 0 unspecified atom stereocenters. The van der Waals surface area contributed by atoms with Gasteiger partial charge in [0, 0.05) is 50.2 Å². The van der Waals surface area contributed by atoms with Crippen molar-refractivity contribution in [1.82, 2.24) is 15.0 Å². The maximum Gasteiger partial charge on any atom is 0.224 e. The summed E-state index contributed by atoms with van der Waals surface area (Å²) < 4.78 is 11.7. The predicted octanol–water partition coefficient (Wildman–Crippen LogP) is 4.02. The number of hydrogen-bond acceptors (Lipinski definition) is 7. The molecule has 156 valence electrons. The lowest BCUT2D eigenvalue weighted by Gasteiger charge is -2.25. The van der Waals surface area contributed by atoms with Crippen LogP contribution in [0.2, 0.25) is 0 Å². The molecule has 2 fully saturated rings. The highest BCUT2D eigenvalue weighted by atomic mass is 16.5. The molecule has 29 heavy (non-hydrogen) atoms. The second-order valence-corrected chi connectivity index (χ2v) is 8.00. The van der Waals surface area contributed by atoms with Gasteiger partial charge in [0.25, 0.3) is 0 Å². The molecule has 1 N–H and O–H groups in total. The van der Waals surface area contributed by atoms with Gasteiger partial charge in [-0.15, -0.1) is 0 Å². The Labute approximate surface area is 171 Å². The number of unbranched alkanes of at least 4 members (excludes halogenated alkanes) is 1. The summed E-state index contributed by atoms with van der Waals surface area (Å²) >= 11 is 0. The molecular weight excluding hydrogens is 368 g/mol. The van der Waals surface area contributed by atoms with Gasteiger partial charge in [-0.05, 0) is 25.2 Å². The van der Waals surface area contributed by atoms with E-state index in [9.17, 15) is 4.79 Å². The standard InChI is InChI=1S/C22H30N4O3/c1-2-3-10-23-22-25-14-19-20(26-22)18(15-4-6-16(27)7-5-15)13-24-21(19)29-17-8-11-28-12-9-17/h13-15,17H,2-12H2,1H3,(H,23,25,26). The molecule has 1 aliphatic carbocycles. The van der Waals surface area contributed by atoms with Crippen LogP contribution in [-0.4, -0.2) is 46.6 Å². The van der Waals surface area contributed by atoms with E-state index in [1.165, 1.54) is 0 Å². The van der Waals surface area contributed by atoms with Crippen molar-refractivity contribution < 1.29 is 14.3 Å². The molecule has 0 bridgehead atoms. The van der Waals surface area contributed by atoms with E-state index in [0.717, 1.165) is 74.7 Å². The molecule has 4 rings (SSSR count). The Morgan fingerprint density at radius 3 is 2.69 bits per heavy atom. The summed E-state index contributed by atoms with van der Waals surface area (Å²) in [5.74, 6) is 1.90. The third kappa shape index (κ3) is 4.83. The quantitative estimate of drug-likeness (QED) is 0.705. The number of nitrogens with one attached hydrogen (secondary N) is 1. The SMILES string of the molecule is CCCCNc1ncc2c(OC3CCOCC3)ncc(C3CCC(=O)CC3)c2n1. The molecule has 2 aromatic heterocycles. The first-order valence-electron chi connectivity index (χ1n) is 10.9. The van der Waals surface area contributed by atoms with Gasteiger partial charge < -0.3 is 14.8 Å². The van der Waals surface area contributed by atoms with Crippen molar-refractivity contribution in [2.24, 2.45) is 0 Å². The fourth-order valence-electron chi connectivity index (χ4n) is 4.07. The zero-order valence-corrected chi connectivity index (χ0v) is 17.2. The lowest BCUT2D eigenvalue weighted by atomic mass is 9.83. The monoisotopic (exact) mass is 398 g/mol. The summed E-state index contributed by atoms with van der Waals surface area (Å²) in [7, 11) is 0. The van der Waals surface area contributed by atoms with Crippen LogP contribution < -0.4 is 10.1 Å². The Morgan fingerprint density at radius 2 is 1.93 bits per heavy atom. The minimum absolute atomic E-state index is 0.111. The zero-order chi connectivity index (χ0) is 20.1. The summed E-state index contributed by atoms with van der Waals surface area (Å²) in [6.07, 6.45) is 10.8. The van der Waals surface area contributed by atoms with Crippen LogP contribution in [0.4, 0.5) is 5.95 Å². The van der Waals surface area contributed by atoms with Gasteiger partial charge >= 0.3 is 0 Å². The van der Waals surface area contributed by atoms with E-state index in [-0.39, 0.29) is 6.10 Å². The maximum atomic E-state index is 11.7. The average Bonchev–Trinajstić information content (AvgIpc) is 2.75. The number of hydrogen-bond donors (Lipinski definition) is 1. The number of nitrogens with zero attached hydrogens (tertiary/aromatic N) is 3. The topological polar surface area (TPSA) is 86.2 Å². The van der Waals surface area contributed by atoms with Crippen LogP contribution in [0.25, 0.3) is 10.9 Å². The minimum atomic E-state index is 0.111. The van der Waals surface area contributed by atoms with Crippen molar-refractivity contribution in [1.29, 1.82) is 0 Å². The van der Waals surface area contributed by atoms with Crippen LogP contribution in [0.1, 0.15) is 69.8 Å². The first-order valence-corrected chi connectivity index (χ1v) is 10.9. The Kier molecular flexibility index (Phi) is 6.54. The van der Waals surface area contributed by atoms with Gasteiger partial charge in [0.15, 0.2) is 0 Å². The van der Waals surface area contributed by atoms with E-state index < -0.39 is 0 Å². The van der Waals surface area contributed by atoms with Crippen LogP contribution in [0, 0.1) is 0 Å². The highest BCUT2D eigenvalue weighted by molar-refractivity contribution is 5.87. The van der Waals surface area contributed by atoms with E-state index in [0.29, 0.717) is 36.4 Å². The minimum Gasteiger partial charge on any atom is -0.474 e. The van der Waals surface area contributed by atoms with Gasteiger partial charge in [-0.1, -0.05) is 13.3 Å². The first-order chi connectivity index (χ1) is 14.2. The number of pyridine rings is 1. The molecule has 0 radical (unpaired) electrons. The molecule has 0 aromatic carbocycles. The Hall–Kier alpha value is -2.28. The third-order valence-corrected chi connectivity index (χ3v) is 5.86. The number of carbonyl (C=O) groups excluding carboxylic acids is 1. The summed E-state index contributed by atoms with van der Waals surface area (Å²) in [5, 5.41) is 4.18. The van der Waals surface area contributed by atoms with Gasteiger partial charge in [-0.3, -0.25) is 4.79 Å². The molecule has 1 saturated carbocycles.